The highest BCUT2D eigenvalue weighted by molar-refractivity contribution is 6.31. The number of phenolic OH excluding ortho intramolecular Hbond substituents is 1. The average molecular weight is 543 g/mol. The molecule has 0 spiro atoms. The van der Waals surface area contributed by atoms with E-state index >= 15 is 0 Å². The number of benzene rings is 2. The number of aliphatic hydroxyl groups is 1. The fraction of sp³-hybridized carbons (Fsp3) is 0.370. The molecule has 3 N–H and O–H groups in total. The molecule has 202 valence electrons. The lowest BCUT2D eigenvalue weighted by Crippen LogP contribution is -2.55. The maximum Gasteiger partial charge on any atom is 0.411 e. The Labute approximate surface area is 225 Å². The summed E-state index contributed by atoms with van der Waals surface area (Å²) in [5.41, 5.74) is 2.30. The van der Waals surface area contributed by atoms with E-state index in [0.717, 1.165) is 5.56 Å². The van der Waals surface area contributed by atoms with Crippen molar-refractivity contribution in [3.63, 3.8) is 0 Å². The topological polar surface area (TPSA) is 126 Å². The zero-order valence-electron chi connectivity index (χ0n) is 21.5. The largest absolute Gasteiger partial charge is 0.507 e. The Morgan fingerprint density at radius 2 is 1.92 bits per heavy atom. The van der Waals surface area contributed by atoms with Crippen molar-refractivity contribution < 1.29 is 29.3 Å². The number of anilines is 1. The molecule has 2 heterocycles. The normalized spacial score (nSPS) is 15.8. The molecule has 1 atom stereocenters. The first kappa shape index (κ1) is 27.4. The Hall–Kier alpha value is -3.60. The molecule has 0 bridgehead atoms. The van der Waals surface area contributed by atoms with Gasteiger partial charge in [-0.2, -0.15) is 5.10 Å². The SMILES string of the molecule is CC(C)(C)OC(=O)N1CCOC[C@H]1C(=O)Nc1ccc(-c2cn(CCO)nc2-c2cc(Cl)ccc2O)cc1. The zero-order chi connectivity index (χ0) is 27.4. The number of halogens is 1. The van der Waals surface area contributed by atoms with Crippen LogP contribution in [0.5, 0.6) is 5.75 Å². The first-order chi connectivity index (χ1) is 18.1. The van der Waals surface area contributed by atoms with Gasteiger partial charge in [-0.15, -0.1) is 0 Å². The van der Waals surface area contributed by atoms with E-state index in [1.165, 1.54) is 11.0 Å². The Morgan fingerprint density at radius 3 is 2.61 bits per heavy atom. The number of aromatic hydroxyl groups is 1. The number of carbonyl (C=O) groups is 2. The van der Waals surface area contributed by atoms with Gasteiger partial charge in [-0.25, -0.2) is 4.79 Å². The number of nitrogens with zero attached hydrogens (tertiary/aromatic N) is 3. The summed E-state index contributed by atoms with van der Waals surface area (Å²) in [5, 5.41) is 27.7. The second kappa shape index (κ2) is 11.4. The van der Waals surface area contributed by atoms with Crippen LogP contribution in [0.25, 0.3) is 22.4 Å². The third kappa shape index (κ3) is 6.45. The molecule has 1 fully saturated rings. The summed E-state index contributed by atoms with van der Waals surface area (Å²) in [7, 11) is 0. The Morgan fingerprint density at radius 1 is 1.18 bits per heavy atom. The standard InChI is InChI=1S/C27H31ClN4O6/c1-27(2,3)38-26(36)32-11-13-37-16-22(32)25(35)29-19-7-4-17(5-8-19)21-15-31(10-12-33)30-24(21)20-14-18(28)6-9-23(20)34/h4-9,14-15,22,33-34H,10-13,16H2,1-3H3,(H,29,35)/t22-/m0/s1. The van der Waals surface area contributed by atoms with E-state index in [9.17, 15) is 19.8 Å². The highest BCUT2D eigenvalue weighted by Crippen LogP contribution is 2.37. The van der Waals surface area contributed by atoms with Gasteiger partial charge in [-0.3, -0.25) is 14.4 Å². The zero-order valence-corrected chi connectivity index (χ0v) is 22.2. The summed E-state index contributed by atoms with van der Waals surface area (Å²) < 4.78 is 12.5. The Kier molecular flexibility index (Phi) is 8.25. The first-order valence-corrected chi connectivity index (χ1v) is 12.6. The third-order valence-electron chi connectivity index (χ3n) is 5.83. The highest BCUT2D eigenvalue weighted by atomic mass is 35.5. The van der Waals surface area contributed by atoms with Crippen LogP contribution in [-0.2, 0) is 20.8 Å². The molecule has 11 heteroatoms. The van der Waals surface area contributed by atoms with Crippen LogP contribution in [0.4, 0.5) is 10.5 Å². The minimum atomic E-state index is -0.826. The van der Waals surface area contributed by atoms with Gasteiger partial charge in [0.2, 0.25) is 5.91 Å². The number of hydrogen-bond acceptors (Lipinski definition) is 7. The Balaban J connectivity index is 1.55. The minimum Gasteiger partial charge on any atom is -0.507 e. The van der Waals surface area contributed by atoms with Crippen molar-refractivity contribution in [3.8, 4) is 28.1 Å². The number of hydrogen-bond donors (Lipinski definition) is 3. The third-order valence-corrected chi connectivity index (χ3v) is 6.06. The molecular formula is C27H31ClN4O6. The van der Waals surface area contributed by atoms with Crippen LogP contribution in [-0.4, -0.2) is 74.9 Å². The monoisotopic (exact) mass is 542 g/mol. The molecule has 0 saturated carbocycles. The number of ether oxygens (including phenoxy) is 2. The molecular weight excluding hydrogens is 512 g/mol. The van der Waals surface area contributed by atoms with E-state index in [1.807, 2.05) is 12.1 Å². The van der Waals surface area contributed by atoms with Crippen LogP contribution >= 0.6 is 11.6 Å². The molecule has 4 rings (SSSR count). The minimum absolute atomic E-state index is 0.0259. The molecule has 38 heavy (non-hydrogen) atoms. The summed E-state index contributed by atoms with van der Waals surface area (Å²) >= 11 is 6.16. The predicted molar refractivity (Wildman–Crippen MR) is 143 cm³/mol. The maximum absolute atomic E-state index is 13.1. The van der Waals surface area contributed by atoms with Crippen LogP contribution in [0.2, 0.25) is 5.02 Å². The number of aromatic nitrogens is 2. The van der Waals surface area contributed by atoms with E-state index in [-0.39, 0.29) is 38.0 Å². The molecule has 1 aromatic heterocycles. The molecule has 0 unspecified atom stereocenters. The van der Waals surface area contributed by atoms with Crippen molar-refractivity contribution in [2.75, 3.05) is 31.7 Å². The van der Waals surface area contributed by atoms with E-state index in [4.69, 9.17) is 21.1 Å². The van der Waals surface area contributed by atoms with Gasteiger partial charge in [0, 0.05) is 34.6 Å². The van der Waals surface area contributed by atoms with Gasteiger partial charge in [0.05, 0.1) is 26.4 Å². The summed E-state index contributed by atoms with van der Waals surface area (Å²) in [6.07, 6.45) is 1.21. The molecule has 0 aliphatic carbocycles. The second-order valence-electron chi connectivity index (χ2n) is 9.87. The van der Waals surface area contributed by atoms with E-state index in [1.54, 1.807) is 55.9 Å². The van der Waals surface area contributed by atoms with Crippen LogP contribution < -0.4 is 5.32 Å². The van der Waals surface area contributed by atoms with E-state index < -0.39 is 17.7 Å². The first-order valence-electron chi connectivity index (χ1n) is 12.2. The molecule has 1 aliphatic rings. The van der Waals surface area contributed by atoms with Crippen molar-refractivity contribution >= 4 is 29.3 Å². The van der Waals surface area contributed by atoms with Crippen molar-refractivity contribution in [1.29, 1.82) is 0 Å². The fourth-order valence-corrected chi connectivity index (χ4v) is 4.24. The highest BCUT2D eigenvalue weighted by Gasteiger charge is 2.35. The number of amides is 2. The molecule has 10 nitrogen and oxygen atoms in total. The van der Waals surface area contributed by atoms with Gasteiger partial charge in [0.25, 0.3) is 0 Å². The van der Waals surface area contributed by atoms with Gasteiger partial charge >= 0.3 is 6.09 Å². The summed E-state index contributed by atoms with van der Waals surface area (Å²) in [6, 6.07) is 11.0. The van der Waals surface area contributed by atoms with Crippen molar-refractivity contribution in [1.82, 2.24) is 14.7 Å². The van der Waals surface area contributed by atoms with Crippen LogP contribution in [0.1, 0.15) is 20.8 Å². The van der Waals surface area contributed by atoms with Crippen LogP contribution in [0.15, 0.2) is 48.7 Å². The summed E-state index contributed by atoms with van der Waals surface area (Å²) in [5.74, 6) is -0.360. The lowest BCUT2D eigenvalue weighted by atomic mass is 10.0. The Bertz CT molecular complexity index is 1300. The van der Waals surface area contributed by atoms with E-state index in [0.29, 0.717) is 34.1 Å². The molecule has 2 aromatic carbocycles. The summed E-state index contributed by atoms with van der Waals surface area (Å²) in [4.78, 5) is 27.1. The smallest absolute Gasteiger partial charge is 0.411 e. The summed E-state index contributed by atoms with van der Waals surface area (Å²) in [6.45, 7) is 6.14. The molecule has 0 radical (unpaired) electrons. The fourth-order valence-electron chi connectivity index (χ4n) is 4.07. The van der Waals surface area contributed by atoms with Gasteiger partial charge in [-0.1, -0.05) is 23.7 Å². The number of rotatable bonds is 6. The average Bonchev–Trinajstić information content (AvgIpc) is 3.28. The molecule has 2 amide bonds. The van der Waals surface area contributed by atoms with Gasteiger partial charge < -0.3 is 25.0 Å². The number of phenols is 1. The lowest BCUT2D eigenvalue weighted by Gasteiger charge is -2.35. The predicted octanol–water partition coefficient (Wildman–Crippen LogP) is 4.14. The number of carbonyl (C=O) groups excluding carboxylic acids is 2. The van der Waals surface area contributed by atoms with Gasteiger partial charge in [-0.05, 0) is 56.7 Å². The molecule has 1 saturated heterocycles. The maximum atomic E-state index is 13.1. The van der Waals surface area contributed by atoms with Crippen LogP contribution in [0, 0.1) is 0 Å². The number of aliphatic hydroxyl groups excluding tert-OH is 1. The van der Waals surface area contributed by atoms with E-state index in [2.05, 4.69) is 10.4 Å². The number of nitrogens with one attached hydrogen (secondary N) is 1. The quantitative estimate of drug-likeness (QED) is 0.427. The van der Waals surface area contributed by atoms with Crippen molar-refractivity contribution in [2.45, 2.75) is 39.0 Å². The van der Waals surface area contributed by atoms with Crippen LogP contribution in [0.3, 0.4) is 0 Å². The second-order valence-corrected chi connectivity index (χ2v) is 10.3. The lowest BCUT2D eigenvalue weighted by molar-refractivity contribution is -0.127. The molecule has 1 aliphatic heterocycles. The molecule has 3 aromatic rings. The van der Waals surface area contributed by atoms with Crippen molar-refractivity contribution in [3.05, 3.63) is 53.7 Å². The number of morpholine rings is 1. The van der Waals surface area contributed by atoms with Gasteiger partial charge in [0.1, 0.15) is 23.1 Å². The van der Waals surface area contributed by atoms with Crippen molar-refractivity contribution in [2.24, 2.45) is 0 Å². The van der Waals surface area contributed by atoms with Gasteiger partial charge in [0.15, 0.2) is 0 Å².